The highest BCUT2D eigenvalue weighted by Gasteiger charge is 2.51. The molecule has 1 aliphatic heterocycles. The van der Waals surface area contributed by atoms with E-state index in [1.54, 1.807) is 36.9 Å². The van der Waals surface area contributed by atoms with Gasteiger partial charge in [0.2, 0.25) is 0 Å². The molecule has 1 atom stereocenters. The maximum absolute atomic E-state index is 13.9. The second-order valence-corrected chi connectivity index (χ2v) is 7.04. The Morgan fingerprint density at radius 3 is 2.52 bits per heavy atom. The summed E-state index contributed by atoms with van der Waals surface area (Å²) < 4.78 is 19.1. The Morgan fingerprint density at radius 2 is 1.93 bits per heavy atom. The van der Waals surface area contributed by atoms with Crippen LogP contribution in [0.5, 0.6) is 11.5 Å². The number of nitriles is 1. The van der Waals surface area contributed by atoms with E-state index >= 15 is 0 Å². The van der Waals surface area contributed by atoms with Gasteiger partial charge in [0.1, 0.15) is 17.4 Å². The molecule has 2 aromatic carbocycles. The fraction of sp³-hybridized carbons (Fsp3) is 0.263. The predicted molar refractivity (Wildman–Crippen MR) is 103 cm³/mol. The van der Waals surface area contributed by atoms with Crippen LogP contribution in [0.4, 0.5) is 15.8 Å². The maximum Gasteiger partial charge on any atom is 0.254 e. The number of aromatic hydroxyl groups is 1. The zero-order chi connectivity index (χ0) is 19.9. The molecular formula is C19H18FN3O3S. The smallest absolute Gasteiger partial charge is 0.254 e. The average molecular weight is 387 g/mol. The Morgan fingerprint density at radius 1 is 1.26 bits per heavy atom. The lowest BCUT2D eigenvalue weighted by atomic mass is 10.0. The minimum atomic E-state index is -1.02. The standard InChI is InChI=1S/C19H18FN3O3S/c1-19(2)17(25)22(12-5-4-11(10-21)16(9-12)26-3)18(27)23(19)13-6-7-15(24)14(20)8-13/h4-9,18,24,27H,1-3H3. The van der Waals surface area contributed by atoms with E-state index in [2.05, 4.69) is 12.6 Å². The third kappa shape index (κ3) is 2.94. The fourth-order valence-corrected chi connectivity index (χ4v) is 3.84. The number of thiol groups is 1. The number of nitrogens with zero attached hydrogens (tertiary/aromatic N) is 3. The van der Waals surface area contributed by atoms with E-state index in [9.17, 15) is 14.3 Å². The lowest BCUT2D eigenvalue weighted by Gasteiger charge is -2.33. The lowest BCUT2D eigenvalue weighted by Crippen LogP contribution is -2.44. The van der Waals surface area contributed by atoms with E-state index < -0.39 is 22.6 Å². The summed E-state index contributed by atoms with van der Waals surface area (Å²) in [6.45, 7) is 3.42. The molecule has 0 aliphatic carbocycles. The number of halogens is 1. The predicted octanol–water partition coefficient (Wildman–Crippen LogP) is 3.26. The van der Waals surface area contributed by atoms with E-state index in [-0.39, 0.29) is 5.91 Å². The normalized spacial score (nSPS) is 18.5. The number of rotatable bonds is 3. The van der Waals surface area contributed by atoms with Gasteiger partial charge in [-0.25, -0.2) is 4.39 Å². The highest BCUT2D eigenvalue weighted by molar-refractivity contribution is 7.81. The Bertz CT molecular complexity index is 958. The van der Waals surface area contributed by atoms with Crippen LogP contribution in [0.15, 0.2) is 36.4 Å². The molecule has 0 aromatic heterocycles. The summed E-state index contributed by atoms with van der Waals surface area (Å²) in [6, 6.07) is 10.8. The van der Waals surface area contributed by atoms with Crippen LogP contribution in [0.25, 0.3) is 0 Å². The van der Waals surface area contributed by atoms with Crippen LogP contribution in [0.2, 0.25) is 0 Å². The molecule has 1 unspecified atom stereocenters. The van der Waals surface area contributed by atoms with Crippen molar-refractivity contribution in [2.24, 2.45) is 0 Å². The summed E-state index contributed by atoms with van der Waals surface area (Å²) in [5.41, 5.74) is -0.483. The van der Waals surface area contributed by atoms with Crippen molar-refractivity contribution in [2.45, 2.75) is 24.9 Å². The first kappa shape index (κ1) is 18.9. The van der Waals surface area contributed by atoms with Crippen molar-refractivity contribution >= 4 is 29.9 Å². The fourth-order valence-electron chi connectivity index (χ4n) is 3.18. The van der Waals surface area contributed by atoms with Crippen molar-refractivity contribution in [1.82, 2.24) is 0 Å². The minimum absolute atomic E-state index is 0.247. The van der Waals surface area contributed by atoms with Crippen LogP contribution in [0, 0.1) is 17.1 Å². The highest BCUT2D eigenvalue weighted by Crippen LogP contribution is 2.41. The zero-order valence-electron chi connectivity index (χ0n) is 15.0. The van der Waals surface area contributed by atoms with E-state index in [1.165, 1.54) is 24.1 Å². The molecule has 8 heteroatoms. The van der Waals surface area contributed by atoms with Gasteiger partial charge in [-0.05, 0) is 38.1 Å². The zero-order valence-corrected chi connectivity index (χ0v) is 15.9. The molecule has 1 fully saturated rings. The van der Waals surface area contributed by atoms with Crippen LogP contribution < -0.4 is 14.5 Å². The van der Waals surface area contributed by atoms with Gasteiger partial charge < -0.3 is 14.7 Å². The van der Waals surface area contributed by atoms with Crippen molar-refractivity contribution in [3.05, 3.63) is 47.8 Å². The quantitative estimate of drug-likeness (QED) is 0.791. The number of phenols is 1. The van der Waals surface area contributed by atoms with Crippen molar-refractivity contribution < 1.29 is 19.0 Å². The summed E-state index contributed by atoms with van der Waals surface area (Å²) in [6.07, 6.45) is 0. The molecular weight excluding hydrogens is 369 g/mol. The average Bonchev–Trinajstić information content (AvgIpc) is 2.81. The number of anilines is 2. The van der Waals surface area contributed by atoms with E-state index in [4.69, 9.17) is 10.00 Å². The molecule has 2 aromatic rings. The monoisotopic (exact) mass is 387 g/mol. The van der Waals surface area contributed by atoms with Crippen LogP contribution in [0.1, 0.15) is 19.4 Å². The number of amides is 1. The molecule has 140 valence electrons. The second-order valence-electron chi connectivity index (χ2n) is 6.58. The van der Waals surface area contributed by atoms with Gasteiger partial charge in [-0.1, -0.05) is 0 Å². The van der Waals surface area contributed by atoms with Gasteiger partial charge >= 0.3 is 0 Å². The maximum atomic E-state index is 13.9. The number of phenolic OH excluding ortho intramolecular Hbond substituents is 1. The molecule has 0 radical (unpaired) electrons. The van der Waals surface area contributed by atoms with Crippen LogP contribution in [-0.2, 0) is 4.79 Å². The van der Waals surface area contributed by atoms with Gasteiger partial charge in [0.05, 0.1) is 18.4 Å². The Balaban J connectivity index is 2.08. The molecule has 6 nitrogen and oxygen atoms in total. The molecule has 1 amide bonds. The van der Waals surface area contributed by atoms with E-state index in [1.807, 2.05) is 6.07 Å². The second kappa shape index (κ2) is 6.67. The number of carbonyl (C=O) groups excluding carboxylic acids is 1. The van der Waals surface area contributed by atoms with Gasteiger partial charge in [0.25, 0.3) is 5.91 Å². The largest absolute Gasteiger partial charge is 0.505 e. The number of ether oxygens (including phenoxy) is 1. The molecule has 3 rings (SSSR count). The molecule has 1 saturated heterocycles. The van der Waals surface area contributed by atoms with Crippen LogP contribution in [-0.4, -0.2) is 29.2 Å². The summed E-state index contributed by atoms with van der Waals surface area (Å²) in [5.74, 6) is -1.15. The van der Waals surface area contributed by atoms with Crippen molar-refractivity contribution in [2.75, 3.05) is 16.9 Å². The summed E-state index contributed by atoms with van der Waals surface area (Å²) in [4.78, 5) is 16.2. The highest BCUT2D eigenvalue weighted by atomic mass is 32.1. The van der Waals surface area contributed by atoms with Crippen molar-refractivity contribution in [3.63, 3.8) is 0 Å². The molecule has 1 aliphatic rings. The lowest BCUT2D eigenvalue weighted by molar-refractivity contribution is -0.120. The molecule has 0 bridgehead atoms. The van der Waals surface area contributed by atoms with Gasteiger partial charge in [-0.2, -0.15) is 5.26 Å². The van der Waals surface area contributed by atoms with E-state index in [0.29, 0.717) is 22.7 Å². The van der Waals surface area contributed by atoms with Crippen LogP contribution in [0.3, 0.4) is 0 Å². The first-order chi connectivity index (χ1) is 12.7. The third-order valence-corrected chi connectivity index (χ3v) is 5.06. The third-order valence-electron chi connectivity index (χ3n) is 4.60. The summed E-state index contributed by atoms with van der Waals surface area (Å²) >= 11 is 4.59. The van der Waals surface area contributed by atoms with E-state index in [0.717, 1.165) is 6.07 Å². The number of hydrogen-bond acceptors (Lipinski definition) is 6. The summed E-state index contributed by atoms with van der Waals surface area (Å²) in [7, 11) is 1.44. The molecule has 1 N–H and O–H groups in total. The van der Waals surface area contributed by atoms with Gasteiger partial charge in [0, 0.05) is 17.8 Å². The Hall–Kier alpha value is -2.92. The first-order valence-corrected chi connectivity index (χ1v) is 8.61. The number of hydrogen-bond donors (Lipinski definition) is 2. The topological polar surface area (TPSA) is 76.8 Å². The van der Waals surface area contributed by atoms with Crippen molar-refractivity contribution in [3.8, 4) is 17.6 Å². The molecule has 27 heavy (non-hydrogen) atoms. The van der Waals surface area contributed by atoms with Gasteiger partial charge in [0.15, 0.2) is 17.1 Å². The number of benzene rings is 2. The first-order valence-electron chi connectivity index (χ1n) is 8.10. The SMILES string of the molecule is COc1cc(N2C(=O)C(C)(C)N(c3ccc(O)c(F)c3)C2S)ccc1C#N. The molecule has 0 spiro atoms. The molecule has 1 heterocycles. The Kier molecular flexibility index (Phi) is 4.66. The Labute approximate surface area is 161 Å². The molecule has 0 saturated carbocycles. The van der Waals surface area contributed by atoms with Crippen molar-refractivity contribution in [1.29, 1.82) is 5.26 Å². The minimum Gasteiger partial charge on any atom is -0.505 e. The van der Waals surface area contributed by atoms with Gasteiger partial charge in [-0.15, -0.1) is 12.6 Å². The summed E-state index contributed by atoms with van der Waals surface area (Å²) in [5, 5.41) is 18.6. The number of carbonyl (C=O) groups is 1. The number of methoxy groups -OCH3 is 1. The van der Waals surface area contributed by atoms with Crippen LogP contribution >= 0.6 is 12.6 Å². The van der Waals surface area contributed by atoms with Gasteiger partial charge in [-0.3, -0.25) is 9.69 Å².